The first-order valence-electron chi connectivity index (χ1n) is 7.41. The fourth-order valence-corrected chi connectivity index (χ4v) is 2.38. The Morgan fingerprint density at radius 2 is 1.78 bits per heavy atom. The first kappa shape index (κ1) is 19.8. The van der Waals surface area contributed by atoms with Crippen molar-refractivity contribution in [1.82, 2.24) is 0 Å². The number of hydrogen-bond donors (Lipinski definition) is 0. The number of carbonyl (C=O) groups is 2. The van der Waals surface area contributed by atoms with Gasteiger partial charge in [-0.3, -0.25) is 0 Å². The summed E-state index contributed by atoms with van der Waals surface area (Å²) in [6, 6.07) is 4.40. The standard InChI is InChI=1S/C18H13F3N2O4/c1-26-16(24)13-5-3-4-8-23(15(13)17(25)27-2)12-7-6-11(10-22)14(9-12)18(19,20)21/h3-9H,1-2H3. The van der Waals surface area contributed by atoms with Crippen molar-refractivity contribution in [2.45, 2.75) is 6.18 Å². The summed E-state index contributed by atoms with van der Waals surface area (Å²) in [7, 11) is 2.17. The van der Waals surface area contributed by atoms with Crippen molar-refractivity contribution in [3.05, 3.63) is 65.0 Å². The fourth-order valence-electron chi connectivity index (χ4n) is 2.38. The molecule has 1 aliphatic rings. The Balaban J connectivity index is 2.73. The number of allylic oxidation sites excluding steroid dienone is 2. The van der Waals surface area contributed by atoms with Crippen molar-refractivity contribution in [3.8, 4) is 6.07 Å². The quantitative estimate of drug-likeness (QED) is 0.752. The molecule has 0 spiro atoms. The topological polar surface area (TPSA) is 79.6 Å². The highest BCUT2D eigenvalue weighted by atomic mass is 19.4. The molecule has 0 saturated heterocycles. The molecule has 0 aliphatic carbocycles. The van der Waals surface area contributed by atoms with Gasteiger partial charge in [-0.15, -0.1) is 0 Å². The lowest BCUT2D eigenvalue weighted by Gasteiger charge is -2.24. The molecule has 1 heterocycles. The van der Waals surface area contributed by atoms with Gasteiger partial charge in [-0.1, -0.05) is 6.08 Å². The van der Waals surface area contributed by atoms with Crippen LogP contribution in [0.4, 0.5) is 18.9 Å². The van der Waals surface area contributed by atoms with E-state index in [2.05, 4.69) is 9.47 Å². The third kappa shape index (κ3) is 4.00. The molecule has 0 aromatic heterocycles. The van der Waals surface area contributed by atoms with Crippen LogP contribution in [0, 0.1) is 11.3 Å². The van der Waals surface area contributed by atoms with E-state index in [1.165, 1.54) is 36.6 Å². The van der Waals surface area contributed by atoms with Crippen LogP contribution < -0.4 is 4.90 Å². The van der Waals surface area contributed by atoms with Crippen LogP contribution in [-0.4, -0.2) is 26.2 Å². The predicted molar refractivity (Wildman–Crippen MR) is 88.0 cm³/mol. The summed E-state index contributed by atoms with van der Waals surface area (Å²) in [5.41, 5.74) is -2.36. The minimum Gasteiger partial charge on any atom is -0.465 e. The number of nitrogens with zero attached hydrogens (tertiary/aromatic N) is 2. The van der Waals surface area contributed by atoms with Crippen LogP contribution in [0.15, 0.2) is 53.9 Å². The van der Waals surface area contributed by atoms with E-state index in [9.17, 15) is 22.8 Å². The number of hydrogen-bond acceptors (Lipinski definition) is 6. The summed E-state index contributed by atoms with van der Waals surface area (Å²) in [5.74, 6) is -1.82. The zero-order valence-corrected chi connectivity index (χ0v) is 14.2. The average molecular weight is 378 g/mol. The zero-order valence-electron chi connectivity index (χ0n) is 14.2. The third-order valence-corrected chi connectivity index (χ3v) is 3.60. The van der Waals surface area contributed by atoms with Gasteiger partial charge in [0.05, 0.1) is 37.0 Å². The molecule has 0 atom stereocenters. The van der Waals surface area contributed by atoms with Crippen LogP contribution >= 0.6 is 0 Å². The number of carbonyl (C=O) groups excluding carboxylic acids is 2. The molecule has 0 amide bonds. The van der Waals surface area contributed by atoms with E-state index in [1.807, 2.05) is 0 Å². The number of nitriles is 1. The molecule has 0 bridgehead atoms. The van der Waals surface area contributed by atoms with Gasteiger partial charge < -0.3 is 14.4 Å². The molecule has 1 aromatic rings. The van der Waals surface area contributed by atoms with Crippen LogP contribution in [0.5, 0.6) is 0 Å². The summed E-state index contributed by atoms with van der Waals surface area (Å²) in [6.07, 6.45) is 0.631. The summed E-state index contributed by atoms with van der Waals surface area (Å²) < 4.78 is 49.1. The molecule has 0 radical (unpaired) electrons. The van der Waals surface area contributed by atoms with Gasteiger partial charge in [0.2, 0.25) is 0 Å². The maximum Gasteiger partial charge on any atom is 0.417 e. The van der Waals surface area contributed by atoms with Crippen molar-refractivity contribution < 1.29 is 32.2 Å². The molecule has 0 fully saturated rings. The fraction of sp³-hybridized carbons (Fsp3) is 0.167. The molecule has 0 saturated carbocycles. The largest absolute Gasteiger partial charge is 0.465 e. The number of anilines is 1. The van der Waals surface area contributed by atoms with Crippen molar-refractivity contribution >= 4 is 17.6 Å². The summed E-state index contributed by atoms with van der Waals surface area (Å²) in [5, 5.41) is 8.92. The third-order valence-electron chi connectivity index (χ3n) is 3.60. The molecule has 27 heavy (non-hydrogen) atoms. The number of methoxy groups -OCH3 is 2. The molecule has 9 heteroatoms. The zero-order chi connectivity index (χ0) is 20.2. The van der Waals surface area contributed by atoms with E-state index in [1.54, 1.807) is 0 Å². The van der Waals surface area contributed by atoms with Crippen molar-refractivity contribution in [1.29, 1.82) is 5.26 Å². The van der Waals surface area contributed by atoms with Crippen LogP contribution in [0.2, 0.25) is 0 Å². The Morgan fingerprint density at radius 3 is 2.33 bits per heavy atom. The van der Waals surface area contributed by atoms with Gasteiger partial charge in [0, 0.05) is 11.9 Å². The van der Waals surface area contributed by atoms with Crippen LogP contribution in [0.3, 0.4) is 0 Å². The van der Waals surface area contributed by atoms with Crippen molar-refractivity contribution in [2.75, 3.05) is 19.1 Å². The molecule has 2 rings (SSSR count). The number of benzene rings is 1. The van der Waals surface area contributed by atoms with Crippen molar-refractivity contribution in [3.63, 3.8) is 0 Å². The lowest BCUT2D eigenvalue weighted by Crippen LogP contribution is -2.27. The predicted octanol–water partition coefficient (Wildman–Crippen LogP) is 3.07. The summed E-state index contributed by atoms with van der Waals surface area (Å²) in [6.45, 7) is 0. The van der Waals surface area contributed by atoms with Gasteiger partial charge in [-0.25, -0.2) is 9.59 Å². The first-order valence-corrected chi connectivity index (χ1v) is 7.41. The Kier molecular flexibility index (Phi) is 5.70. The molecule has 0 unspecified atom stereocenters. The second kappa shape index (κ2) is 7.78. The molecule has 1 aliphatic heterocycles. The summed E-state index contributed by atoms with van der Waals surface area (Å²) >= 11 is 0. The van der Waals surface area contributed by atoms with Gasteiger partial charge in [0.15, 0.2) is 0 Å². The second-order valence-electron chi connectivity index (χ2n) is 5.16. The maximum absolute atomic E-state index is 13.3. The van der Waals surface area contributed by atoms with Gasteiger partial charge in [-0.05, 0) is 30.4 Å². The van der Waals surface area contributed by atoms with E-state index in [0.29, 0.717) is 6.07 Å². The Morgan fingerprint density at radius 1 is 1.11 bits per heavy atom. The maximum atomic E-state index is 13.3. The van der Waals surface area contributed by atoms with Gasteiger partial charge in [0.1, 0.15) is 5.70 Å². The molecule has 6 nitrogen and oxygen atoms in total. The Bertz CT molecular complexity index is 908. The normalized spacial score (nSPS) is 13.9. The first-order chi connectivity index (χ1) is 12.7. The van der Waals surface area contributed by atoms with Crippen molar-refractivity contribution in [2.24, 2.45) is 0 Å². The molecular formula is C18H13F3N2O4. The monoisotopic (exact) mass is 378 g/mol. The summed E-state index contributed by atoms with van der Waals surface area (Å²) in [4.78, 5) is 25.4. The highest BCUT2D eigenvalue weighted by Crippen LogP contribution is 2.36. The van der Waals surface area contributed by atoms with Crippen LogP contribution in [-0.2, 0) is 25.2 Å². The van der Waals surface area contributed by atoms with Crippen LogP contribution in [0.25, 0.3) is 0 Å². The van der Waals surface area contributed by atoms with Crippen LogP contribution in [0.1, 0.15) is 11.1 Å². The minimum absolute atomic E-state index is 0.0944. The lowest BCUT2D eigenvalue weighted by atomic mass is 10.1. The molecule has 140 valence electrons. The highest BCUT2D eigenvalue weighted by molar-refractivity contribution is 6.05. The highest BCUT2D eigenvalue weighted by Gasteiger charge is 2.35. The van der Waals surface area contributed by atoms with Gasteiger partial charge in [0.25, 0.3) is 0 Å². The SMILES string of the molecule is COC(=O)C1=C(C(=O)OC)N(c2ccc(C#N)c(C(F)(F)F)c2)C=CC=C1. The Hall–Kier alpha value is -3.54. The Labute approximate surface area is 152 Å². The number of alkyl halides is 3. The van der Waals surface area contributed by atoms with E-state index in [4.69, 9.17) is 5.26 Å². The minimum atomic E-state index is -4.78. The van der Waals surface area contributed by atoms with Gasteiger partial charge >= 0.3 is 18.1 Å². The van der Waals surface area contributed by atoms with E-state index in [0.717, 1.165) is 25.2 Å². The molecular weight excluding hydrogens is 365 g/mol. The number of rotatable bonds is 3. The lowest BCUT2D eigenvalue weighted by molar-refractivity contribution is -0.139. The van der Waals surface area contributed by atoms with E-state index >= 15 is 0 Å². The van der Waals surface area contributed by atoms with E-state index < -0.39 is 29.2 Å². The number of ether oxygens (including phenoxy) is 2. The second-order valence-corrected chi connectivity index (χ2v) is 5.16. The smallest absolute Gasteiger partial charge is 0.417 e. The average Bonchev–Trinajstić information content (AvgIpc) is 2.88. The molecule has 0 N–H and O–H groups in total. The van der Waals surface area contributed by atoms with Gasteiger partial charge in [-0.2, -0.15) is 18.4 Å². The number of esters is 2. The number of halogens is 3. The van der Waals surface area contributed by atoms with E-state index in [-0.39, 0.29) is 17.0 Å². The molecule has 1 aromatic carbocycles.